The Bertz CT molecular complexity index is 2830. The highest BCUT2D eigenvalue weighted by Gasteiger charge is 2.25. The molecule has 1 unspecified atom stereocenters. The molecule has 0 radical (unpaired) electrons. The standard InChI is InChI=1S/C47H31N3O/c1-3-11-30(12-4-1)34-23-21-31-22-24-35(28-37(31)27-34)36-25-26-42-41(29-36)44-40(19-10-20-43(44)51-42)47-49-45(33-14-5-2-6-15-33)48-46(50-47)39-18-9-16-32-13-7-8-17-38(32)39/h1-29,47H,(H,48,49,50). The number of hydrogen-bond donors (Lipinski definition) is 1. The van der Waals surface area contributed by atoms with Gasteiger partial charge in [-0.25, -0.2) is 9.98 Å². The van der Waals surface area contributed by atoms with Gasteiger partial charge in [0.2, 0.25) is 0 Å². The van der Waals surface area contributed by atoms with Crippen LogP contribution in [0.3, 0.4) is 0 Å². The molecule has 1 aliphatic rings. The average molecular weight is 654 g/mol. The highest BCUT2D eigenvalue weighted by atomic mass is 16.3. The summed E-state index contributed by atoms with van der Waals surface area (Å²) in [5, 5.41) is 10.6. The van der Waals surface area contributed by atoms with Gasteiger partial charge in [-0.15, -0.1) is 0 Å². The fraction of sp³-hybridized carbons (Fsp3) is 0.0213. The van der Waals surface area contributed by atoms with Crippen molar-refractivity contribution in [3.8, 4) is 22.3 Å². The zero-order valence-corrected chi connectivity index (χ0v) is 27.6. The highest BCUT2D eigenvalue weighted by Crippen LogP contribution is 2.38. The number of nitrogens with one attached hydrogen (secondary N) is 1. The van der Waals surface area contributed by atoms with Crippen molar-refractivity contribution in [2.24, 2.45) is 9.98 Å². The molecule has 0 aliphatic carbocycles. The van der Waals surface area contributed by atoms with Gasteiger partial charge in [0.1, 0.15) is 23.2 Å². The molecular weight excluding hydrogens is 623 g/mol. The number of hydrogen-bond acceptors (Lipinski definition) is 4. The van der Waals surface area contributed by atoms with Crippen molar-refractivity contribution < 1.29 is 4.42 Å². The molecule has 240 valence electrons. The molecule has 1 aromatic heterocycles. The zero-order chi connectivity index (χ0) is 33.7. The topological polar surface area (TPSA) is 49.9 Å². The van der Waals surface area contributed by atoms with Gasteiger partial charge in [0.15, 0.2) is 5.84 Å². The van der Waals surface area contributed by atoms with E-state index in [9.17, 15) is 0 Å². The first-order chi connectivity index (χ1) is 25.2. The van der Waals surface area contributed by atoms with E-state index in [2.05, 4.69) is 157 Å². The van der Waals surface area contributed by atoms with Crippen molar-refractivity contribution in [3.63, 3.8) is 0 Å². The van der Waals surface area contributed by atoms with Crippen LogP contribution in [0.15, 0.2) is 190 Å². The van der Waals surface area contributed by atoms with Gasteiger partial charge in [-0.3, -0.25) is 0 Å². The lowest BCUT2D eigenvalue weighted by molar-refractivity contribution is 0.662. The molecule has 0 bridgehead atoms. The zero-order valence-electron chi connectivity index (χ0n) is 27.6. The summed E-state index contributed by atoms with van der Waals surface area (Å²) < 4.78 is 6.48. The van der Waals surface area contributed by atoms with Crippen LogP contribution in [-0.2, 0) is 0 Å². The first-order valence-corrected chi connectivity index (χ1v) is 17.3. The molecule has 10 rings (SSSR count). The summed E-state index contributed by atoms with van der Waals surface area (Å²) in [6.45, 7) is 0. The van der Waals surface area contributed by atoms with Crippen LogP contribution in [-0.4, -0.2) is 11.7 Å². The summed E-state index contributed by atoms with van der Waals surface area (Å²) in [5.41, 5.74) is 9.45. The maximum absolute atomic E-state index is 6.48. The predicted octanol–water partition coefficient (Wildman–Crippen LogP) is 11.7. The number of furan rings is 1. The SMILES string of the molecule is c1ccc(C2=NC(c3cccc4oc5ccc(-c6ccc7ccc(-c8ccccc8)cc7c6)cc5c34)NC(c3cccc4ccccc34)=N2)cc1. The van der Waals surface area contributed by atoms with Gasteiger partial charge in [-0.1, -0.05) is 146 Å². The number of rotatable bonds is 5. The predicted molar refractivity (Wildman–Crippen MR) is 211 cm³/mol. The van der Waals surface area contributed by atoms with E-state index in [-0.39, 0.29) is 0 Å². The second-order valence-corrected chi connectivity index (χ2v) is 13.0. The van der Waals surface area contributed by atoms with Crippen LogP contribution in [0.5, 0.6) is 0 Å². The van der Waals surface area contributed by atoms with Gasteiger partial charge < -0.3 is 9.73 Å². The summed E-state index contributed by atoms with van der Waals surface area (Å²) in [6.07, 6.45) is -0.392. The third kappa shape index (κ3) is 5.17. The molecule has 4 nitrogen and oxygen atoms in total. The van der Waals surface area contributed by atoms with Crippen molar-refractivity contribution in [3.05, 3.63) is 193 Å². The van der Waals surface area contributed by atoms with Gasteiger partial charge in [0.25, 0.3) is 0 Å². The minimum atomic E-state index is -0.392. The molecule has 1 atom stereocenters. The number of aliphatic imine (C=N–C) groups is 2. The van der Waals surface area contributed by atoms with Gasteiger partial charge in [-0.05, 0) is 74.1 Å². The lowest BCUT2D eigenvalue weighted by atomic mass is 9.96. The second kappa shape index (κ2) is 12.0. The van der Waals surface area contributed by atoms with Crippen molar-refractivity contribution in [2.75, 3.05) is 0 Å². The van der Waals surface area contributed by atoms with Crippen LogP contribution in [0, 0.1) is 0 Å². The van der Waals surface area contributed by atoms with E-state index in [1.807, 2.05) is 24.3 Å². The first kappa shape index (κ1) is 29.2. The van der Waals surface area contributed by atoms with Crippen LogP contribution in [0.25, 0.3) is 65.7 Å². The molecule has 0 amide bonds. The number of amidine groups is 2. The summed E-state index contributed by atoms with van der Waals surface area (Å²) in [7, 11) is 0. The third-order valence-corrected chi connectivity index (χ3v) is 9.92. The molecular formula is C47H31N3O. The monoisotopic (exact) mass is 653 g/mol. The normalized spacial score (nSPS) is 14.5. The summed E-state index contributed by atoms with van der Waals surface area (Å²) in [4.78, 5) is 10.4. The fourth-order valence-corrected chi connectivity index (χ4v) is 7.39. The Morgan fingerprint density at radius 3 is 1.94 bits per heavy atom. The Morgan fingerprint density at radius 2 is 1.12 bits per heavy atom. The summed E-state index contributed by atoms with van der Waals surface area (Å²) in [5.74, 6) is 1.49. The Kier molecular flexibility index (Phi) is 6.85. The molecule has 1 N–H and O–H groups in total. The van der Waals surface area contributed by atoms with Crippen LogP contribution < -0.4 is 5.32 Å². The minimum absolute atomic E-state index is 0.392. The largest absolute Gasteiger partial charge is 0.456 e. The summed E-state index contributed by atoms with van der Waals surface area (Å²) >= 11 is 0. The molecule has 0 saturated heterocycles. The van der Waals surface area contributed by atoms with Gasteiger partial charge >= 0.3 is 0 Å². The molecule has 8 aromatic carbocycles. The van der Waals surface area contributed by atoms with Gasteiger partial charge in [0, 0.05) is 27.5 Å². The van der Waals surface area contributed by atoms with Crippen LogP contribution in [0.4, 0.5) is 0 Å². The number of fused-ring (bicyclic) bond motifs is 5. The van der Waals surface area contributed by atoms with Crippen LogP contribution >= 0.6 is 0 Å². The van der Waals surface area contributed by atoms with E-state index in [1.54, 1.807) is 0 Å². The van der Waals surface area contributed by atoms with E-state index in [0.717, 1.165) is 61.0 Å². The molecule has 51 heavy (non-hydrogen) atoms. The maximum atomic E-state index is 6.48. The molecule has 0 saturated carbocycles. The van der Waals surface area contributed by atoms with Crippen molar-refractivity contribution in [1.82, 2.24) is 5.32 Å². The number of benzene rings is 8. The lowest BCUT2D eigenvalue weighted by Crippen LogP contribution is -2.33. The smallest absolute Gasteiger partial charge is 0.159 e. The third-order valence-electron chi connectivity index (χ3n) is 9.92. The Hall–Kier alpha value is -6.78. The molecule has 0 fully saturated rings. The summed E-state index contributed by atoms with van der Waals surface area (Å²) in [6, 6.07) is 61.7. The van der Waals surface area contributed by atoms with Gasteiger partial charge in [-0.2, -0.15) is 0 Å². The fourth-order valence-electron chi connectivity index (χ4n) is 7.39. The van der Waals surface area contributed by atoms with Crippen LogP contribution in [0.2, 0.25) is 0 Å². The van der Waals surface area contributed by atoms with Crippen molar-refractivity contribution in [1.29, 1.82) is 0 Å². The molecule has 4 heteroatoms. The lowest BCUT2D eigenvalue weighted by Gasteiger charge is -2.24. The van der Waals surface area contributed by atoms with Crippen molar-refractivity contribution >= 4 is 55.2 Å². The van der Waals surface area contributed by atoms with Crippen molar-refractivity contribution in [2.45, 2.75) is 6.17 Å². The molecule has 0 spiro atoms. The van der Waals surface area contributed by atoms with E-state index in [4.69, 9.17) is 14.4 Å². The van der Waals surface area contributed by atoms with E-state index in [1.165, 1.54) is 27.3 Å². The number of nitrogens with zero attached hydrogens (tertiary/aromatic N) is 2. The maximum Gasteiger partial charge on any atom is 0.159 e. The Balaban J connectivity index is 1.11. The average Bonchev–Trinajstić information content (AvgIpc) is 3.59. The van der Waals surface area contributed by atoms with Crippen LogP contribution in [0.1, 0.15) is 22.9 Å². The molecule has 2 heterocycles. The Morgan fingerprint density at radius 1 is 0.451 bits per heavy atom. The molecule has 1 aliphatic heterocycles. The van der Waals surface area contributed by atoms with E-state index < -0.39 is 6.17 Å². The second-order valence-electron chi connectivity index (χ2n) is 13.0. The van der Waals surface area contributed by atoms with E-state index >= 15 is 0 Å². The van der Waals surface area contributed by atoms with E-state index in [0.29, 0.717) is 5.84 Å². The Labute approximate surface area is 295 Å². The minimum Gasteiger partial charge on any atom is -0.456 e. The highest BCUT2D eigenvalue weighted by molar-refractivity contribution is 6.18. The first-order valence-electron chi connectivity index (χ1n) is 17.3. The molecule has 9 aromatic rings. The quantitative estimate of drug-likeness (QED) is 0.201. The van der Waals surface area contributed by atoms with Gasteiger partial charge in [0.05, 0.1) is 0 Å².